The summed E-state index contributed by atoms with van der Waals surface area (Å²) in [5.74, 6) is 1.44. The number of aryl methyl sites for hydroxylation is 1. The Bertz CT molecular complexity index is 1090. The molecule has 0 unspecified atom stereocenters. The van der Waals surface area contributed by atoms with Crippen LogP contribution in [0.5, 0.6) is 0 Å². The van der Waals surface area contributed by atoms with E-state index in [1.165, 1.54) is 49.4 Å². The number of rotatable bonds is 7. The summed E-state index contributed by atoms with van der Waals surface area (Å²) in [6.45, 7) is 0.429. The molecule has 11 heteroatoms. The molecule has 3 aromatic rings. The Morgan fingerprint density at radius 2 is 1.94 bits per heavy atom. The minimum Gasteiger partial charge on any atom is -0.394 e. The molecule has 5 rings (SSSR count). The summed E-state index contributed by atoms with van der Waals surface area (Å²) in [7, 11) is 0. The molecule has 0 amide bonds. The average molecular weight is 458 g/mol. The van der Waals surface area contributed by atoms with E-state index in [2.05, 4.69) is 20.1 Å². The van der Waals surface area contributed by atoms with Crippen LogP contribution in [0.4, 0.5) is 5.82 Å². The number of imidazole rings is 1. The number of hydrogen-bond donors (Lipinski definition) is 4. The highest BCUT2D eigenvalue weighted by molar-refractivity contribution is 5.83. The number of aromatic nitrogens is 6. The van der Waals surface area contributed by atoms with Crippen LogP contribution in [0.15, 0.2) is 18.7 Å². The van der Waals surface area contributed by atoms with Gasteiger partial charge >= 0.3 is 0 Å². The molecular weight excluding hydrogens is 426 g/mol. The normalized spacial score (nSPS) is 26.4. The Hall–Kier alpha value is -2.60. The lowest BCUT2D eigenvalue weighted by Gasteiger charge is -2.21. The van der Waals surface area contributed by atoms with E-state index in [0.717, 1.165) is 24.4 Å². The van der Waals surface area contributed by atoms with Gasteiger partial charge in [-0.3, -0.25) is 9.25 Å². The number of aliphatic hydroxyl groups is 3. The second-order valence-electron chi connectivity index (χ2n) is 9.12. The second kappa shape index (κ2) is 9.34. The van der Waals surface area contributed by atoms with Crippen molar-refractivity contribution < 1.29 is 20.1 Å². The molecule has 0 bridgehead atoms. The lowest BCUT2D eigenvalue weighted by Crippen LogP contribution is -2.33. The summed E-state index contributed by atoms with van der Waals surface area (Å²) in [5, 5.41) is 34.4. The van der Waals surface area contributed by atoms with E-state index in [1.807, 2.05) is 10.9 Å². The smallest absolute Gasteiger partial charge is 0.168 e. The summed E-state index contributed by atoms with van der Waals surface area (Å²) in [6, 6.07) is 0. The standard InChI is InChI=1S/C22H31N7O4/c23-19-16-21(29(12-24-16)22-18(32)17(31)15(11-30)33-22)27-20(26-19)14-9-25-28(10-14)8-4-7-13-5-2-1-3-6-13/h9-10,12-13,15,17-18,22,30-32H,1-8,11H2,(H2,23,26,27)/t15-,17-,18-,22-/m1/s1. The molecule has 1 aliphatic carbocycles. The van der Waals surface area contributed by atoms with Gasteiger partial charge in [-0.15, -0.1) is 0 Å². The summed E-state index contributed by atoms with van der Waals surface area (Å²) < 4.78 is 9.04. The molecule has 4 heterocycles. The summed E-state index contributed by atoms with van der Waals surface area (Å²) in [6.07, 6.45) is 9.86. The van der Waals surface area contributed by atoms with Crippen LogP contribution in [0.25, 0.3) is 22.6 Å². The van der Waals surface area contributed by atoms with Crippen molar-refractivity contribution in [3.63, 3.8) is 0 Å². The van der Waals surface area contributed by atoms with Gasteiger partial charge in [-0.2, -0.15) is 5.10 Å². The molecule has 4 atom stereocenters. The van der Waals surface area contributed by atoms with Crippen LogP contribution in [0, 0.1) is 5.92 Å². The monoisotopic (exact) mass is 457 g/mol. The first-order valence-corrected chi connectivity index (χ1v) is 11.7. The van der Waals surface area contributed by atoms with E-state index in [1.54, 1.807) is 6.20 Å². The number of anilines is 1. The molecule has 0 aromatic carbocycles. The summed E-state index contributed by atoms with van der Waals surface area (Å²) in [4.78, 5) is 13.3. The van der Waals surface area contributed by atoms with Crippen molar-refractivity contribution in [2.75, 3.05) is 12.3 Å². The minimum absolute atomic E-state index is 0.200. The molecule has 1 aliphatic heterocycles. The molecule has 3 aromatic heterocycles. The maximum atomic E-state index is 10.4. The van der Waals surface area contributed by atoms with Crippen LogP contribution >= 0.6 is 0 Å². The van der Waals surface area contributed by atoms with Gasteiger partial charge in [-0.1, -0.05) is 32.1 Å². The number of nitrogens with two attached hydrogens (primary N) is 1. The van der Waals surface area contributed by atoms with Crippen LogP contribution in [0.1, 0.15) is 51.2 Å². The summed E-state index contributed by atoms with van der Waals surface area (Å²) in [5.41, 5.74) is 7.62. The Balaban J connectivity index is 1.34. The maximum absolute atomic E-state index is 10.4. The van der Waals surface area contributed by atoms with E-state index in [0.29, 0.717) is 17.0 Å². The highest BCUT2D eigenvalue weighted by Crippen LogP contribution is 2.33. The van der Waals surface area contributed by atoms with Gasteiger partial charge in [0.25, 0.3) is 0 Å². The minimum atomic E-state index is -1.24. The molecular formula is C22H31N7O4. The Kier molecular flexibility index (Phi) is 6.28. The molecule has 178 valence electrons. The van der Waals surface area contributed by atoms with Gasteiger partial charge in [0, 0.05) is 12.7 Å². The number of ether oxygens (including phenoxy) is 1. The molecule has 2 aliphatic rings. The van der Waals surface area contributed by atoms with E-state index in [4.69, 9.17) is 10.5 Å². The van der Waals surface area contributed by atoms with Crippen LogP contribution in [-0.2, 0) is 11.3 Å². The quantitative estimate of drug-likeness (QED) is 0.410. The van der Waals surface area contributed by atoms with Crippen LogP contribution in [0.3, 0.4) is 0 Å². The number of aliphatic hydroxyl groups excluding tert-OH is 3. The zero-order valence-electron chi connectivity index (χ0n) is 18.5. The van der Waals surface area contributed by atoms with Gasteiger partial charge in [0.1, 0.15) is 23.8 Å². The zero-order chi connectivity index (χ0) is 22.9. The molecule has 1 saturated heterocycles. The fourth-order valence-corrected chi connectivity index (χ4v) is 4.98. The second-order valence-corrected chi connectivity index (χ2v) is 9.12. The van der Waals surface area contributed by atoms with Crippen molar-refractivity contribution in [2.24, 2.45) is 5.92 Å². The van der Waals surface area contributed by atoms with E-state index in [9.17, 15) is 15.3 Å². The molecule has 33 heavy (non-hydrogen) atoms. The average Bonchev–Trinajstić information content (AvgIpc) is 3.53. The first-order valence-electron chi connectivity index (χ1n) is 11.7. The third-order valence-corrected chi connectivity index (χ3v) is 6.86. The van der Waals surface area contributed by atoms with E-state index in [-0.39, 0.29) is 5.82 Å². The van der Waals surface area contributed by atoms with Crippen molar-refractivity contribution in [2.45, 2.75) is 76.0 Å². The van der Waals surface area contributed by atoms with Gasteiger partial charge in [-0.25, -0.2) is 15.0 Å². The summed E-state index contributed by atoms with van der Waals surface area (Å²) >= 11 is 0. The molecule has 2 fully saturated rings. The number of hydrogen-bond acceptors (Lipinski definition) is 9. The van der Waals surface area contributed by atoms with E-state index >= 15 is 0 Å². The van der Waals surface area contributed by atoms with Crippen LogP contribution < -0.4 is 5.73 Å². The Morgan fingerprint density at radius 1 is 1.12 bits per heavy atom. The largest absolute Gasteiger partial charge is 0.394 e. The van der Waals surface area contributed by atoms with Gasteiger partial charge in [0.2, 0.25) is 0 Å². The van der Waals surface area contributed by atoms with Gasteiger partial charge < -0.3 is 25.8 Å². The highest BCUT2D eigenvalue weighted by Gasteiger charge is 2.44. The first-order chi connectivity index (χ1) is 16.0. The van der Waals surface area contributed by atoms with Crippen molar-refractivity contribution in [1.82, 2.24) is 29.3 Å². The molecule has 0 radical (unpaired) electrons. The number of nitrogens with zero attached hydrogens (tertiary/aromatic N) is 6. The predicted octanol–water partition coefficient (Wildman–Crippen LogP) is 1.24. The predicted molar refractivity (Wildman–Crippen MR) is 120 cm³/mol. The van der Waals surface area contributed by atoms with Gasteiger partial charge in [0.05, 0.1) is 24.7 Å². The Labute approximate surface area is 191 Å². The topological polar surface area (TPSA) is 157 Å². The fraction of sp³-hybridized carbons (Fsp3) is 0.636. The zero-order valence-corrected chi connectivity index (χ0v) is 18.5. The van der Waals surface area contributed by atoms with Crippen molar-refractivity contribution >= 4 is 17.0 Å². The van der Waals surface area contributed by atoms with Crippen molar-refractivity contribution in [3.8, 4) is 11.4 Å². The number of fused-ring (bicyclic) bond motifs is 1. The van der Waals surface area contributed by atoms with Crippen LogP contribution in [0.2, 0.25) is 0 Å². The van der Waals surface area contributed by atoms with Crippen molar-refractivity contribution in [3.05, 3.63) is 18.7 Å². The molecule has 11 nitrogen and oxygen atoms in total. The molecule has 5 N–H and O–H groups in total. The van der Waals surface area contributed by atoms with E-state index < -0.39 is 31.1 Å². The Morgan fingerprint density at radius 3 is 2.70 bits per heavy atom. The van der Waals surface area contributed by atoms with Crippen LogP contribution in [-0.4, -0.2) is 69.5 Å². The first kappa shape index (κ1) is 22.2. The maximum Gasteiger partial charge on any atom is 0.168 e. The molecule has 1 saturated carbocycles. The van der Waals surface area contributed by atoms with Gasteiger partial charge in [0.15, 0.2) is 23.5 Å². The lowest BCUT2D eigenvalue weighted by atomic mass is 9.86. The third kappa shape index (κ3) is 4.33. The lowest BCUT2D eigenvalue weighted by molar-refractivity contribution is -0.0511. The fourth-order valence-electron chi connectivity index (χ4n) is 4.98. The van der Waals surface area contributed by atoms with Gasteiger partial charge in [-0.05, 0) is 18.8 Å². The van der Waals surface area contributed by atoms with Crippen molar-refractivity contribution in [1.29, 1.82) is 0 Å². The molecule has 0 spiro atoms. The number of nitrogen functional groups attached to an aromatic ring is 1. The highest BCUT2D eigenvalue weighted by atomic mass is 16.6. The SMILES string of the molecule is Nc1nc(-c2cnn(CCCC3CCCCC3)c2)nc2c1ncn2[C@@H]1O[C@H](CO)[C@@H](O)[C@H]1O. The third-order valence-electron chi connectivity index (χ3n) is 6.86.